The highest BCUT2D eigenvalue weighted by atomic mass is 35.5. The summed E-state index contributed by atoms with van der Waals surface area (Å²) in [6.45, 7) is 6.37. The number of nitrogens with one attached hydrogen (secondary N) is 1. The summed E-state index contributed by atoms with van der Waals surface area (Å²) in [6, 6.07) is 6.29. The molecular formula is C15H24Cl2N2. The highest BCUT2D eigenvalue weighted by Gasteiger charge is 2.11. The fraction of sp³-hybridized carbons (Fsp3) is 0.600. The van der Waals surface area contributed by atoms with Crippen LogP contribution < -0.4 is 5.32 Å². The summed E-state index contributed by atoms with van der Waals surface area (Å²) >= 11 is 12.0. The molecule has 0 aromatic heterocycles. The normalized spacial score (nSPS) is 13.3. The second kappa shape index (κ2) is 8.11. The Morgan fingerprint density at radius 3 is 2.37 bits per heavy atom. The van der Waals surface area contributed by atoms with Crippen LogP contribution in [0.25, 0.3) is 0 Å². The summed E-state index contributed by atoms with van der Waals surface area (Å²) in [7, 11) is 4.21. The van der Waals surface area contributed by atoms with Crippen LogP contribution >= 0.6 is 23.2 Å². The van der Waals surface area contributed by atoms with Gasteiger partial charge in [-0.1, -0.05) is 43.1 Å². The predicted octanol–water partition coefficient (Wildman–Crippen LogP) is 4.06. The molecule has 2 nitrogen and oxygen atoms in total. The number of hydrogen-bond donors (Lipinski definition) is 1. The van der Waals surface area contributed by atoms with Crippen molar-refractivity contribution in [1.82, 2.24) is 10.2 Å². The zero-order valence-corrected chi connectivity index (χ0v) is 13.7. The first-order valence-electron chi connectivity index (χ1n) is 6.70. The molecule has 0 bridgehead atoms. The summed E-state index contributed by atoms with van der Waals surface area (Å²) in [5, 5.41) is 4.83. The lowest BCUT2D eigenvalue weighted by Gasteiger charge is -2.24. The molecule has 0 aliphatic carbocycles. The van der Waals surface area contributed by atoms with E-state index in [2.05, 4.69) is 38.2 Å². The Bertz CT molecular complexity index is 382. The standard InChI is InChI=1S/C15H24Cl2N2/c1-11(2)7-13(10-19(3)4)18-9-12-5-6-14(16)15(17)8-12/h5-6,8,11,13,18H,7,9-10H2,1-4H3. The van der Waals surface area contributed by atoms with Crippen LogP contribution in [0.3, 0.4) is 0 Å². The van der Waals surface area contributed by atoms with Crippen molar-refractivity contribution in [1.29, 1.82) is 0 Å². The number of hydrogen-bond acceptors (Lipinski definition) is 2. The first-order valence-corrected chi connectivity index (χ1v) is 7.46. The molecule has 0 radical (unpaired) electrons. The highest BCUT2D eigenvalue weighted by Crippen LogP contribution is 2.22. The van der Waals surface area contributed by atoms with Crippen LogP contribution in [-0.2, 0) is 6.54 Å². The number of likely N-dealkylation sites (N-methyl/N-ethyl adjacent to an activating group) is 1. The van der Waals surface area contributed by atoms with E-state index in [0.717, 1.165) is 13.1 Å². The van der Waals surface area contributed by atoms with Gasteiger partial charge in [-0.15, -0.1) is 0 Å². The maximum Gasteiger partial charge on any atom is 0.0595 e. The lowest BCUT2D eigenvalue weighted by molar-refractivity contribution is 0.305. The van der Waals surface area contributed by atoms with Crippen molar-refractivity contribution in [3.8, 4) is 0 Å². The van der Waals surface area contributed by atoms with E-state index in [0.29, 0.717) is 22.0 Å². The van der Waals surface area contributed by atoms with Crippen molar-refractivity contribution in [2.75, 3.05) is 20.6 Å². The third kappa shape index (κ3) is 6.62. The number of rotatable bonds is 7. The molecule has 0 aliphatic rings. The van der Waals surface area contributed by atoms with Crippen molar-refractivity contribution >= 4 is 23.2 Å². The van der Waals surface area contributed by atoms with Crippen LogP contribution in [0.4, 0.5) is 0 Å². The van der Waals surface area contributed by atoms with Crippen molar-refractivity contribution in [2.24, 2.45) is 5.92 Å². The molecule has 1 aromatic carbocycles. The summed E-state index contributed by atoms with van der Waals surface area (Å²) in [5.41, 5.74) is 1.17. The molecule has 19 heavy (non-hydrogen) atoms. The van der Waals surface area contributed by atoms with Crippen LogP contribution in [0.1, 0.15) is 25.8 Å². The molecule has 4 heteroatoms. The zero-order valence-electron chi connectivity index (χ0n) is 12.2. The van der Waals surface area contributed by atoms with E-state index >= 15 is 0 Å². The largest absolute Gasteiger partial charge is 0.309 e. The average Bonchev–Trinajstić information content (AvgIpc) is 2.29. The number of halogens is 2. The van der Waals surface area contributed by atoms with Gasteiger partial charge < -0.3 is 10.2 Å². The van der Waals surface area contributed by atoms with Crippen LogP contribution in [0.15, 0.2) is 18.2 Å². The van der Waals surface area contributed by atoms with Crippen LogP contribution in [0.2, 0.25) is 10.0 Å². The Kier molecular flexibility index (Phi) is 7.16. The van der Waals surface area contributed by atoms with Crippen LogP contribution in [-0.4, -0.2) is 31.6 Å². The van der Waals surface area contributed by atoms with Crippen LogP contribution in [0.5, 0.6) is 0 Å². The van der Waals surface area contributed by atoms with Gasteiger partial charge in [0.25, 0.3) is 0 Å². The molecule has 1 N–H and O–H groups in total. The maximum absolute atomic E-state index is 6.03. The van der Waals surface area contributed by atoms with Gasteiger partial charge in [0, 0.05) is 19.1 Å². The van der Waals surface area contributed by atoms with E-state index < -0.39 is 0 Å². The topological polar surface area (TPSA) is 15.3 Å². The minimum atomic E-state index is 0.490. The average molecular weight is 303 g/mol. The van der Waals surface area contributed by atoms with Gasteiger partial charge in [-0.3, -0.25) is 0 Å². The van der Waals surface area contributed by atoms with E-state index in [4.69, 9.17) is 23.2 Å². The van der Waals surface area contributed by atoms with Gasteiger partial charge in [0.1, 0.15) is 0 Å². The molecular weight excluding hydrogens is 279 g/mol. The van der Waals surface area contributed by atoms with Gasteiger partial charge in [0.2, 0.25) is 0 Å². The minimum absolute atomic E-state index is 0.490. The Balaban J connectivity index is 2.56. The molecule has 1 atom stereocenters. The van der Waals surface area contributed by atoms with Crippen molar-refractivity contribution in [2.45, 2.75) is 32.9 Å². The molecule has 0 spiro atoms. The lowest BCUT2D eigenvalue weighted by Crippen LogP contribution is -2.38. The first-order chi connectivity index (χ1) is 8.88. The van der Waals surface area contributed by atoms with Gasteiger partial charge in [-0.05, 0) is 44.1 Å². The van der Waals surface area contributed by atoms with Crippen molar-refractivity contribution in [3.05, 3.63) is 33.8 Å². The molecule has 0 heterocycles. The van der Waals surface area contributed by atoms with Gasteiger partial charge in [-0.25, -0.2) is 0 Å². The highest BCUT2D eigenvalue weighted by molar-refractivity contribution is 6.42. The maximum atomic E-state index is 6.03. The second-order valence-corrected chi connectivity index (χ2v) is 6.53. The van der Waals surface area contributed by atoms with Crippen molar-refractivity contribution < 1.29 is 0 Å². The zero-order chi connectivity index (χ0) is 14.4. The van der Waals surface area contributed by atoms with E-state index in [-0.39, 0.29) is 0 Å². The van der Waals surface area contributed by atoms with Gasteiger partial charge >= 0.3 is 0 Å². The van der Waals surface area contributed by atoms with E-state index in [1.54, 1.807) is 0 Å². The Morgan fingerprint density at radius 1 is 1.16 bits per heavy atom. The molecule has 0 saturated carbocycles. The summed E-state index contributed by atoms with van der Waals surface area (Å²) < 4.78 is 0. The molecule has 0 fully saturated rings. The molecule has 0 saturated heterocycles. The lowest BCUT2D eigenvalue weighted by atomic mass is 10.0. The van der Waals surface area contributed by atoms with Gasteiger partial charge in [-0.2, -0.15) is 0 Å². The monoisotopic (exact) mass is 302 g/mol. The van der Waals surface area contributed by atoms with E-state index in [1.807, 2.05) is 18.2 Å². The quantitative estimate of drug-likeness (QED) is 0.817. The summed E-state index contributed by atoms with van der Waals surface area (Å²) in [4.78, 5) is 2.22. The molecule has 1 rings (SSSR count). The van der Waals surface area contributed by atoms with E-state index in [9.17, 15) is 0 Å². The number of nitrogens with zero attached hydrogens (tertiary/aromatic N) is 1. The van der Waals surface area contributed by atoms with Crippen LogP contribution in [0, 0.1) is 5.92 Å². The Hall–Kier alpha value is -0.280. The Labute approximate surface area is 127 Å². The fourth-order valence-electron chi connectivity index (χ4n) is 2.14. The minimum Gasteiger partial charge on any atom is -0.309 e. The first kappa shape index (κ1) is 16.8. The second-order valence-electron chi connectivity index (χ2n) is 5.72. The molecule has 108 valence electrons. The third-order valence-corrected chi connectivity index (χ3v) is 3.66. The smallest absolute Gasteiger partial charge is 0.0595 e. The molecule has 1 unspecified atom stereocenters. The fourth-order valence-corrected chi connectivity index (χ4v) is 2.46. The van der Waals surface area contributed by atoms with Crippen molar-refractivity contribution in [3.63, 3.8) is 0 Å². The third-order valence-electron chi connectivity index (χ3n) is 2.92. The van der Waals surface area contributed by atoms with E-state index in [1.165, 1.54) is 12.0 Å². The SMILES string of the molecule is CC(C)CC(CN(C)C)NCc1ccc(Cl)c(Cl)c1. The molecule has 0 aliphatic heterocycles. The molecule has 1 aromatic rings. The summed E-state index contributed by atoms with van der Waals surface area (Å²) in [6.07, 6.45) is 1.17. The Morgan fingerprint density at radius 2 is 1.84 bits per heavy atom. The summed E-state index contributed by atoms with van der Waals surface area (Å²) in [5.74, 6) is 0.686. The predicted molar refractivity (Wildman–Crippen MR) is 85.1 cm³/mol. The van der Waals surface area contributed by atoms with Gasteiger partial charge in [0.15, 0.2) is 0 Å². The van der Waals surface area contributed by atoms with Gasteiger partial charge in [0.05, 0.1) is 10.0 Å². The number of benzene rings is 1. The molecule has 0 amide bonds.